The number of carbonyl (C=O) groups is 1. The van der Waals surface area contributed by atoms with Gasteiger partial charge in [0, 0.05) is 12.1 Å². The van der Waals surface area contributed by atoms with Crippen LogP contribution in [0.2, 0.25) is 0 Å². The van der Waals surface area contributed by atoms with Crippen molar-refractivity contribution in [3.8, 4) is 5.75 Å². The molecule has 1 aromatic rings. The first-order chi connectivity index (χ1) is 8.43. The average Bonchev–Trinajstić information content (AvgIpc) is 2.71. The van der Waals surface area contributed by atoms with Gasteiger partial charge in [0.15, 0.2) is 0 Å². The minimum Gasteiger partial charge on any atom is -0.497 e. The fourth-order valence-electron chi connectivity index (χ4n) is 2.06. The summed E-state index contributed by atoms with van der Waals surface area (Å²) in [6.45, 7) is 0. The Kier molecular flexibility index (Phi) is 3.19. The molecule has 18 heavy (non-hydrogen) atoms. The molecule has 0 aromatic heterocycles. The second kappa shape index (κ2) is 4.51. The molecule has 0 radical (unpaired) electrons. The molecule has 0 aliphatic carbocycles. The molecule has 1 amide bonds. The largest absolute Gasteiger partial charge is 0.497 e. The Hall–Kier alpha value is -1.72. The van der Waals surface area contributed by atoms with Crippen molar-refractivity contribution >= 4 is 11.6 Å². The van der Waals surface area contributed by atoms with Gasteiger partial charge >= 0.3 is 6.18 Å². The van der Waals surface area contributed by atoms with Crippen LogP contribution in [0.3, 0.4) is 0 Å². The molecule has 1 aliphatic heterocycles. The maximum absolute atomic E-state index is 12.8. The highest BCUT2D eigenvalue weighted by molar-refractivity contribution is 5.96. The SMILES string of the molecule is COc1ccc(N2C(=O)CCC2C(F)(F)F)cc1. The van der Waals surface area contributed by atoms with E-state index in [1.807, 2.05) is 0 Å². The lowest BCUT2D eigenvalue weighted by Gasteiger charge is -2.26. The molecule has 1 aliphatic rings. The second-order valence-electron chi connectivity index (χ2n) is 4.06. The van der Waals surface area contributed by atoms with Gasteiger partial charge in [-0.05, 0) is 30.7 Å². The van der Waals surface area contributed by atoms with Crippen LogP contribution in [-0.4, -0.2) is 25.2 Å². The minimum absolute atomic E-state index is 0.0732. The number of hydrogen-bond acceptors (Lipinski definition) is 2. The standard InChI is InChI=1S/C12H12F3NO2/c1-18-9-4-2-8(3-5-9)16-10(12(13,14)15)6-7-11(16)17/h2-5,10H,6-7H2,1H3. The lowest BCUT2D eigenvalue weighted by atomic mass is 10.2. The van der Waals surface area contributed by atoms with Gasteiger partial charge < -0.3 is 9.64 Å². The normalized spacial score (nSPS) is 20.3. The summed E-state index contributed by atoms with van der Waals surface area (Å²) >= 11 is 0. The molecule has 0 N–H and O–H groups in total. The number of alkyl halides is 3. The second-order valence-corrected chi connectivity index (χ2v) is 4.06. The van der Waals surface area contributed by atoms with Crippen molar-refractivity contribution in [2.45, 2.75) is 25.1 Å². The number of nitrogens with zero attached hydrogens (tertiary/aromatic N) is 1. The van der Waals surface area contributed by atoms with Crippen LogP contribution in [0.4, 0.5) is 18.9 Å². The smallest absolute Gasteiger partial charge is 0.409 e. The van der Waals surface area contributed by atoms with Gasteiger partial charge in [0.05, 0.1) is 7.11 Å². The quantitative estimate of drug-likeness (QED) is 0.817. The van der Waals surface area contributed by atoms with Crippen LogP contribution in [-0.2, 0) is 4.79 Å². The van der Waals surface area contributed by atoms with Crippen molar-refractivity contribution in [1.82, 2.24) is 0 Å². The molecule has 6 heteroatoms. The summed E-state index contributed by atoms with van der Waals surface area (Å²) in [7, 11) is 1.47. The third kappa shape index (κ3) is 2.27. The number of hydrogen-bond donors (Lipinski definition) is 0. The monoisotopic (exact) mass is 259 g/mol. The van der Waals surface area contributed by atoms with E-state index in [2.05, 4.69) is 0 Å². The number of ether oxygens (including phenoxy) is 1. The van der Waals surface area contributed by atoms with E-state index in [0.29, 0.717) is 5.75 Å². The van der Waals surface area contributed by atoms with Crippen LogP contribution < -0.4 is 9.64 Å². The Bertz CT molecular complexity index is 442. The molecule has 1 heterocycles. The fourth-order valence-corrected chi connectivity index (χ4v) is 2.06. The summed E-state index contributed by atoms with van der Waals surface area (Å²) in [4.78, 5) is 12.4. The molecule has 1 unspecified atom stereocenters. The topological polar surface area (TPSA) is 29.5 Å². The van der Waals surface area contributed by atoms with E-state index in [4.69, 9.17) is 4.74 Å². The number of anilines is 1. The van der Waals surface area contributed by atoms with Crippen LogP contribution in [0.1, 0.15) is 12.8 Å². The van der Waals surface area contributed by atoms with Crippen molar-refractivity contribution in [1.29, 1.82) is 0 Å². The number of carbonyl (C=O) groups excluding carboxylic acids is 1. The number of rotatable bonds is 2. The van der Waals surface area contributed by atoms with Crippen LogP contribution >= 0.6 is 0 Å². The zero-order valence-electron chi connectivity index (χ0n) is 9.70. The van der Waals surface area contributed by atoms with E-state index in [1.165, 1.54) is 31.4 Å². The van der Waals surface area contributed by atoms with E-state index in [1.54, 1.807) is 0 Å². The van der Waals surface area contributed by atoms with Crippen LogP contribution in [0.5, 0.6) is 5.75 Å². The first-order valence-corrected chi connectivity index (χ1v) is 5.46. The van der Waals surface area contributed by atoms with Crippen molar-refractivity contribution in [3.63, 3.8) is 0 Å². The van der Waals surface area contributed by atoms with Crippen LogP contribution in [0.15, 0.2) is 24.3 Å². The Morgan fingerprint density at radius 3 is 2.39 bits per heavy atom. The molecule has 1 aromatic carbocycles. The van der Waals surface area contributed by atoms with Crippen molar-refractivity contribution < 1.29 is 22.7 Å². The summed E-state index contributed by atoms with van der Waals surface area (Å²) in [6.07, 6.45) is -4.66. The van der Waals surface area contributed by atoms with E-state index in [-0.39, 0.29) is 18.5 Å². The van der Waals surface area contributed by atoms with Gasteiger partial charge in [0.25, 0.3) is 0 Å². The Labute approximate surface area is 102 Å². The molecular formula is C12H12F3NO2. The fraction of sp³-hybridized carbons (Fsp3) is 0.417. The van der Waals surface area contributed by atoms with Crippen molar-refractivity contribution in [2.24, 2.45) is 0 Å². The van der Waals surface area contributed by atoms with Gasteiger partial charge in [0.2, 0.25) is 5.91 Å². The predicted octanol–water partition coefficient (Wildman–Crippen LogP) is 2.75. The molecule has 0 bridgehead atoms. The number of halogens is 3. The third-order valence-electron chi connectivity index (χ3n) is 2.94. The highest BCUT2D eigenvalue weighted by Crippen LogP contribution is 2.36. The van der Waals surface area contributed by atoms with Crippen molar-refractivity contribution in [3.05, 3.63) is 24.3 Å². The van der Waals surface area contributed by atoms with E-state index in [0.717, 1.165) is 4.90 Å². The molecule has 0 saturated carbocycles. The molecule has 1 atom stereocenters. The minimum atomic E-state index is -4.40. The zero-order chi connectivity index (χ0) is 13.3. The van der Waals surface area contributed by atoms with E-state index in [9.17, 15) is 18.0 Å². The first-order valence-electron chi connectivity index (χ1n) is 5.46. The number of amides is 1. The maximum Gasteiger partial charge on any atom is 0.409 e. The summed E-state index contributed by atoms with van der Waals surface area (Å²) in [6, 6.07) is 4.27. The number of methoxy groups -OCH3 is 1. The predicted molar refractivity (Wildman–Crippen MR) is 59.6 cm³/mol. The average molecular weight is 259 g/mol. The van der Waals surface area contributed by atoms with Crippen LogP contribution in [0, 0.1) is 0 Å². The maximum atomic E-state index is 12.8. The molecule has 2 rings (SSSR count). The van der Waals surface area contributed by atoms with Gasteiger partial charge in [-0.2, -0.15) is 13.2 Å². The summed E-state index contributed by atoms with van der Waals surface area (Å²) in [5.41, 5.74) is 0.251. The lowest BCUT2D eigenvalue weighted by molar-refractivity contribution is -0.148. The Morgan fingerprint density at radius 1 is 1.28 bits per heavy atom. The van der Waals surface area contributed by atoms with Gasteiger partial charge in [0.1, 0.15) is 11.8 Å². The number of benzene rings is 1. The lowest BCUT2D eigenvalue weighted by Crippen LogP contribution is -2.43. The first kappa shape index (κ1) is 12.7. The molecule has 1 saturated heterocycles. The molecular weight excluding hydrogens is 247 g/mol. The van der Waals surface area contributed by atoms with Gasteiger partial charge in [-0.15, -0.1) is 0 Å². The van der Waals surface area contributed by atoms with Gasteiger partial charge in [-0.3, -0.25) is 4.79 Å². The van der Waals surface area contributed by atoms with Gasteiger partial charge in [-0.1, -0.05) is 0 Å². The molecule has 1 fully saturated rings. The Morgan fingerprint density at radius 2 is 1.89 bits per heavy atom. The Balaban J connectivity index is 2.31. The van der Waals surface area contributed by atoms with E-state index < -0.39 is 18.1 Å². The molecule has 3 nitrogen and oxygen atoms in total. The zero-order valence-corrected chi connectivity index (χ0v) is 9.70. The molecule has 98 valence electrons. The highest BCUT2D eigenvalue weighted by atomic mass is 19.4. The summed E-state index contributed by atoms with van der Waals surface area (Å²) < 4.78 is 43.3. The summed E-state index contributed by atoms with van der Waals surface area (Å²) in [5, 5.41) is 0. The third-order valence-corrected chi connectivity index (χ3v) is 2.94. The van der Waals surface area contributed by atoms with Crippen LogP contribution in [0.25, 0.3) is 0 Å². The van der Waals surface area contributed by atoms with E-state index >= 15 is 0 Å². The summed E-state index contributed by atoms with van der Waals surface area (Å²) in [5.74, 6) is 0.0384. The molecule has 0 spiro atoms. The van der Waals surface area contributed by atoms with Gasteiger partial charge in [-0.25, -0.2) is 0 Å². The van der Waals surface area contributed by atoms with Crippen molar-refractivity contribution in [2.75, 3.05) is 12.0 Å². The highest BCUT2D eigenvalue weighted by Gasteiger charge is 2.49.